The lowest BCUT2D eigenvalue weighted by Gasteiger charge is -2.18. The Balaban J connectivity index is 1.96. The van der Waals surface area contributed by atoms with Crippen molar-refractivity contribution < 1.29 is 15.0 Å². The first kappa shape index (κ1) is 20.4. The summed E-state index contributed by atoms with van der Waals surface area (Å²) >= 11 is 0. The van der Waals surface area contributed by atoms with Crippen LogP contribution in [0.3, 0.4) is 0 Å². The summed E-state index contributed by atoms with van der Waals surface area (Å²) in [5.41, 5.74) is 2.49. The van der Waals surface area contributed by atoms with Gasteiger partial charge in [0.25, 0.3) is 0 Å². The number of phenolic OH excluding ortho intramolecular Hbond substituents is 2. The van der Waals surface area contributed by atoms with E-state index in [2.05, 4.69) is 34.7 Å². The van der Waals surface area contributed by atoms with Crippen LogP contribution >= 0.6 is 0 Å². The van der Waals surface area contributed by atoms with Crippen molar-refractivity contribution in [1.29, 1.82) is 0 Å². The minimum absolute atomic E-state index is 0.0253. The fraction of sp³-hybridized carbons (Fsp3) is 0.350. The molecule has 0 fully saturated rings. The van der Waals surface area contributed by atoms with Crippen LogP contribution in [0.4, 0.5) is 22.7 Å². The van der Waals surface area contributed by atoms with Crippen LogP contribution in [0.2, 0.25) is 0 Å². The number of nitrogens with one attached hydrogen (secondary N) is 3. The van der Waals surface area contributed by atoms with Crippen molar-refractivity contribution in [2.24, 2.45) is 0 Å². The van der Waals surface area contributed by atoms with Crippen LogP contribution in [0, 0.1) is 0 Å². The average molecular weight is 372 g/mol. The molecule has 0 heterocycles. The van der Waals surface area contributed by atoms with Gasteiger partial charge in [-0.05, 0) is 37.4 Å². The zero-order chi connectivity index (χ0) is 19.6. The van der Waals surface area contributed by atoms with Crippen molar-refractivity contribution >= 4 is 29.0 Å². The number of benzene rings is 2. The van der Waals surface area contributed by atoms with Crippen LogP contribution in [0.1, 0.15) is 13.8 Å². The molecule has 7 nitrogen and oxygen atoms in total. The summed E-state index contributed by atoms with van der Waals surface area (Å²) in [5, 5.41) is 29.3. The molecule has 0 atom stereocenters. The third kappa shape index (κ3) is 6.07. The van der Waals surface area contributed by atoms with Crippen molar-refractivity contribution in [3.05, 3.63) is 36.4 Å². The first-order valence-electron chi connectivity index (χ1n) is 9.14. The van der Waals surface area contributed by atoms with Crippen LogP contribution in [0.25, 0.3) is 0 Å². The molecule has 0 bridgehead atoms. The number of rotatable bonds is 11. The standard InChI is InChI=1S/C20H28N4O3/c1-3-24(4-2)11-9-21-15-5-7-16(8-6-15)23-18-14-19(26)17(13-20(18)27)22-10-12-25/h5-8,12-14,21-23,26-27H,3-4,9-11H2,1-2H3. The number of hydrogen-bond donors (Lipinski definition) is 5. The second kappa shape index (κ2) is 10.3. The highest BCUT2D eigenvalue weighted by Gasteiger charge is 2.09. The summed E-state index contributed by atoms with van der Waals surface area (Å²) in [5.74, 6) is -0.0746. The van der Waals surface area contributed by atoms with E-state index in [0.717, 1.165) is 37.6 Å². The lowest BCUT2D eigenvalue weighted by Crippen LogP contribution is -2.28. The largest absolute Gasteiger partial charge is 0.506 e. The zero-order valence-corrected chi connectivity index (χ0v) is 15.8. The van der Waals surface area contributed by atoms with Gasteiger partial charge < -0.3 is 35.9 Å². The van der Waals surface area contributed by atoms with Crippen molar-refractivity contribution in [3.8, 4) is 11.5 Å². The van der Waals surface area contributed by atoms with Gasteiger partial charge in [-0.2, -0.15) is 0 Å². The van der Waals surface area contributed by atoms with Gasteiger partial charge in [0.15, 0.2) is 0 Å². The molecule has 0 aliphatic carbocycles. The zero-order valence-electron chi connectivity index (χ0n) is 15.8. The molecule has 0 saturated heterocycles. The second-order valence-corrected chi connectivity index (χ2v) is 6.09. The third-order valence-electron chi connectivity index (χ3n) is 4.31. The summed E-state index contributed by atoms with van der Waals surface area (Å²) in [4.78, 5) is 12.8. The predicted octanol–water partition coefficient (Wildman–Crippen LogP) is 3.21. The molecule has 7 heteroatoms. The maximum absolute atomic E-state index is 10.4. The van der Waals surface area contributed by atoms with E-state index in [1.807, 2.05) is 24.3 Å². The molecular formula is C20H28N4O3. The van der Waals surface area contributed by atoms with Gasteiger partial charge in [-0.1, -0.05) is 13.8 Å². The molecular weight excluding hydrogens is 344 g/mol. The van der Waals surface area contributed by atoms with Crippen LogP contribution in [0.5, 0.6) is 11.5 Å². The average Bonchev–Trinajstić information content (AvgIpc) is 2.68. The molecule has 2 rings (SSSR count). The SMILES string of the molecule is CCN(CC)CCNc1ccc(Nc2cc(O)c(NCC=O)cc2O)cc1. The fourth-order valence-electron chi connectivity index (χ4n) is 2.70. The number of aromatic hydroxyl groups is 2. The Hall–Kier alpha value is -2.93. The van der Waals surface area contributed by atoms with Gasteiger partial charge in [0.2, 0.25) is 0 Å². The van der Waals surface area contributed by atoms with E-state index in [9.17, 15) is 15.0 Å². The first-order chi connectivity index (χ1) is 13.1. The summed E-state index contributed by atoms with van der Waals surface area (Å²) in [6, 6.07) is 10.5. The van der Waals surface area contributed by atoms with Crippen LogP contribution in [0.15, 0.2) is 36.4 Å². The Labute approximate surface area is 160 Å². The summed E-state index contributed by atoms with van der Waals surface area (Å²) in [6.07, 6.45) is 0.681. The topological polar surface area (TPSA) is 96.9 Å². The molecule has 5 N–H and O–H groups in total. The number of anilines is 4. The molecule has 27 heavy (non-hydrogen) atoms. The number of phenols is 2. The predicted molar refractivity (Wildman–Crippen MR) is 110 cm³/mol. The molecule has 2 aromatic carbocycles. The summed E-state index contributed by atoms with van der Waals surface area (Å²) in [6.45, 7) is 8.32. The molecule has 0 aliphatic rings. The van der Waals surface area contributed by atoms with Gasteiger partial charge in [0.1, 0.15) is 17.8 Å². The van der Waals surface area contributed by atoms with E-state index in [1.165, 1.54) is 12.1 Å². The highest BCUT2D eigenvalue weighted by atomic mass is 16.3. The lowest BCUT2D eigenvalue weighted by molar-refractivity contribution is -0.106. The molecule has 0 aromatic heterocycles. The van der Waals surface area contributed by atoms with Crippen LogP contribution in [-0.2, 0) is 4.79 Å². The number of hydrogen-bond acceptors (Lipinski definition) is 7. The Morgan fingerprint density at radius 3 is 2.15 bits per heavy atom. The molecule has 0 spiro atoms. The normalized spacial score (nSPS) is 10.6. The smallest absolute Gasteiger partial charge is 0.141 e. The summed E-state index contributed by atoms with van der Waals surface area (Å²) < 4.78 is 0. The van der Waals surface area contributed by atoms with E-state index in [0.29, 0.717) is 17.7 Å². The summed E-state index contributed by atoms with van der Waals surface area (Å²) in [7, 11) is 0. The van der Waals surface area contributed by atoms with Gasteiger partial charge in [-0.3, -0.25) is 0 Å². The minimum Gasteiger partial charge on any atom is -0.506 e. The molecule has 0 radical (unpaired) electrons. The van der Waals surface area contributed by atoms with Crippen LogP contribution in [-0.4, -0.2) is 54.1 Å². The Morgan fingerprint density at radius 1 is 0.926 bits per heavy atom. The molecule has 0 amide bonds. The molecule has 0 aliphatic heterocycles. The number of carbonyl (C=O) groups excluding carboxylic acids is 1. The highest BCUT2D eigenvalue weighted by molar-refractivity contribution is 5.75. The molecule has 2 aromatic rings. The number of aldehydes is 1. The van der Waals surface area contributed by atoms with Crippen molar-refractivity contribution in [2.45, 2.75) is 13.8 Å². The van der Waals surface area contributed by atoms with E-state index in [-0.39, 0.29) is 18.0 Å². The van der Waals surface area contributed by atoms with Gasteiger partial charge in [0, 0.05) is 36.6 Å². The van der Waals surface area contributed by atoms with Gasteiger partial charge in [-0.15, -0.1) is 0 Å². The van der Waals surface area contributed by atoms with Gasteiger partial charge in [-0.25, -0.2) is 0 Å². The van der Waals surface area contributed by atoms with Crippen molar-refractivity contribution in [2.75, 3.05) is 48.7 Å². The maximum Gasteiger partial charge on any atom is 0.141 e. The Morgan fingerprint density at radius 2 is 1.52 bits per heavy atom. The van der Waals surface area contributed by atoms with E-state index in [4.69, 9.17) is 0 Å². The van der Waals surface area contributed by atoms with E-state index < -0.39 is 0 Å². The number of nitrogens with zero attached hydrogens (tertiary/aromatic N) is 1. The minimum atomic E-state index is -0.0492. The van der Waals surface area contributed by atoms with Gasteiger partial charge >= 0.3 is 0 Å². The van der Waals surface area contributed by atoms with Gasteiger partial charge in [0.05, 0.1) is 17.9 Å². The first-order valence-corrected chi connectivity index (χ1v) is 9.14. The quantitative estimate of drug-likeness (QED) is 0.235. The lowest BCUT2D eigenvalue weighted by atomic mass is 10.2. The highest BCUT2D eigenvalue weighted by Crippen LogP contribution is 2.36. The third-order valence-corrected chi connectivity index (χ3v) is 4.31. The number of carbonyl (C=O) groups is 1. The molecule has 0 saturated carbocycles. The van der Waals surface area contributed by atoms with Crippen molar-refractivity contribution in [3.63, 3.8) is 0 Å². The molecule has 146 valence electrons. The van der Waals surface area contributed by atoms with Crippen LogP contribution < -0.4 is 16.0 Å². The Bertz CT molecular complexity index is 731. The fourth-order valence-corrected chi connectivity index (χ4v) is 2.70. The van der Waals surface area contributed by atoms with E-state index >= 15 is 0 Å². The maximum atomic E-state index is 10.4. The van der Waals surface area contributed by atoms with Crippen molar-refractivity contribution in [1.82, 2.24) is 4.90 Å². The Kier molecular flexibility index (Phi) is 7.76. The monoisotopic (exact) mass is 372 g/mol. The molecule has 0 unspecified atom stereocenters. The second-order valence-electron chi connectivity index (χ2n) is 6.09. The van der Waals surface area contributed by atoms with E-state index in [1.54, 1.807) is 0 Å². The number of likely N-dealkylation sites (N-methyl/N-ethyl adjacent to an activating group) is 1.